The maximum absolute atomic E-state index is 12.5. The van der Waals surface area contributed by atoms with Crippen LogP contribution in [0.5, 0.6) is 5.75 Å². The number of amides is 1. The van der Waals surface area contributed by atoms with E-state index in [4.69, 9.17) is 0 Å². The maximum atomic E-state index is 12.5. The Kier molecular flexibility index (Phi) is 7.70. The van der Waals surface area contributed by atoms with Crippen LogP contribution in [0.1, 0.15) is 29.3 Å². The summed E-state index contributed by atoms with van der Waals surface area (Å²) in [6.45, 7) is 3.19. The van der Waals surface area contributed by atoms with Crippen molar-refractivity contribution < 1.29 is 19.8 Å². The van der Waals surface area contributed by atoms with E-state index >= 15 is 0 Å². The molecule has 1 atom stereocenters. The molecule has 168 valence electrons. The molecule has 11 nitrogen and oxygen atoms in total. The van der Waals surface area contributed by atoms with Gasteiger partial charge in [-0.3, -0.25) is 4.79 Å². The van der Waals surface area contributed by atoms with E-state index in [1.165, 1.54) is 4.68 Å². The molecule has 1 amide bonds. The van der Waals surface area contributed by atoms with Crippen molar-refractivity contribution in [2.75, 3.05) is 18.4 Å². The second-order valence-corrected chi connectivity index (χ2v) is 7.05. The van der Waals surface area contributed by atoms with E-state index in [0.717, 1.165) is 12.0 Å². The number of anilines is 1. The second kappa shape index (κ2) is 10.9. The lowest BCUT2D eigenvalue weighted by Gasteiger charge is -2.15. The number of rotatable bonds is 11. The number of carboxylic acid groups (broad SMARTS) is 1. The number of tetrazole rings is 1. The van der Waals surface area contributed by atoms with Crippen molar-refractivity contribution in [2.24, 2.45) is 0 Å². The minimum atomic E-state index is -1.10. The van der Waals surface area contributed by atoms with Crippen LogP contribution in [0.15, 0.2) is 48.5 Å². The number of benzene rings is 2. The minimum Gasteiger partial charge on any atom is -0.508 e. The highest BCUT2D eigenvalue weighted by Crippen LogP contribution is 2.15. The molecule has 11 heteroatoms. The van der Waals surface area contributed by atoms with Gasteiger partial charge in [-0.2, -0.15) is 4.68 Å². The molecule has 1 aromatic heterocycles. The van der Waals surface area contributed by atoms with Gasteiger partial charge in [-0.25, -0.2) is 4.79 Å². The zero-order valence-corrected chi connectivity index (χ0v) is 17.5. The van der Waals surface area contributed by atoms with Crippen LogP contribution in [0, 0.1) is 0 Å². The predicted molar refractivity (Wildman–Crippen MR) is 117 cm³/mol. The van der Waals surface area contributed by atoms with E-state index in [1.54, 1.807) is 42.5 Å². The van der Waals surface area contributed by atoms with Crippen LogP contribution in [0.25, 0.3) is 5.69 Å². The molecule has 0 unspecified atom stereocenters. The summed E-state index contributed by atoms with van der Waals surface area (Å²) in [5.74, 6) is -1.03. The van der Waals surface area contributed by atoms with Crippen LogP contribution in [-0.4, -0.2) is 61.4 Å². The zero-order chi connectivity index (χ0) is 22.9. The number of phenolic OH excluding ortho intramolecular Hbond substituents is 1. The molecule has 0 fully saturated rings. The quantitative estimate of drug-likeness (QED) is 0.277. The first kappa shape index (κ1) is 22.7. The molecule has 5 N–H and O–H groups in total. The summed E-state index contributed by atoms with van der Waals surface area (Å²) in [6.07, 6.45) is 0.865. The summed E-state index contributed by atoms with van der Waals surface area (Å²) in [5, 5.41) is 39.1. The number of hydrogen-bond donors (Lipinski definition) is 5. The van der Waals surface area contributed by atoms with Crippen molar-refractivity contribution >= 4 is 17.8 Å². The van der Waals surface area contributed by atoms with Gasteiger partial charge in [-0.15, -0.1) is 0 Å². The fourth-order valence-corrected chi connectivity index (χ4v) is 2.94. The number of phenols is 1. The van der Waals surface area contributed by atoms with Crippen molar-refractivity contribution in [3.8, 4) is 11.4 Å². The Labute approximate surface area is 184 Å². The Balaban J connectivity index is 1.65. The molecule has 0 bridgehead atoms. The topological polar surface area (TPSA) is 154 Å². The Hall–Kier alpha value is -3.99. The number of aromatic hydroxyl groups is 1. The number of hydrogen-bond acceptors (Lipinski definition) is 8. The van der Waals surface area contributed by atoms with Gasteiger partial charge in [0.2, 0.25) is 5.95 Å². The molecule has 3 rings (SSSR count). The Bertz CT molecular complexity index is 1050. The molecule has 0 aliphatic rings. The van der Waals surface area contributed by atoms with Crippen LogP contribution in [0.4, 0.5) is 5.95 Å². The number of nitrogens with zero attached hydrogens (tertiary/aromatic N) is 4. The highest BCUT2D eigenvalue weighted by Gasteiger charge is 2.20. The van der Waals surface area contributed by atoms with Crippen molar-refractivity contribution in [2.45, 2.75) is 25.9 Å². The fraction of sp³-hybridized carbons (Fsp3) is 0.286. The third-order valence-corrected chi connectivity index (χ3v) is 4.58. The van der Waals surface area contributed by atoms with Crippen molar-refractivity contribution in [1.82, 2.24) is 30.8 Å². The summed E-state index contributed by atoms with van der Waals surface area (Å²) in [4.78, 5) is 23.9. The van der Waals surface area contributed by atoms with E-state index < -0.39 is 17.9 Å². The molecule has 0 aliphatic heterocycles. The number of carboxylic acids is 1. The van der Waals surface area contributed by atoms with E-state index in [-0.39, 0.29) is 12.3 Å². The molecule has 0 saturated heterocycles. The SMILES string of the molecule is CCCNC[C@H](NC(=O)c1ccc(-n2nnnc2NCc2cccc(O)c2)cc1)C(=O)O. The third kappa shape index (κ3) is 6.01. The largest absolute Gasteiger partial charge is 0.508 e. The molecule has 1 heterocycles. The fourth-order valence-electron chi connectivity index (χ4n) is 2.94. The zero-order valence-electron chi connectivity index (χ0n) is 17.5. The predicted octanol–water partition coefficient (Wildman–Crippen LogP) is 1.16. The maximum Gasteiger partial charge on any atom is 0.327 e. The second-order valence-electron chi connectivity index (χ2n) is 7.05. The molecule has 0 aliphatic carbocycles. The van der Waals surface area contributed by atoms with E-state index in [9.17, 15) is 19.8 Å². The molecule has 0 radical (unpaired) electrons. The van der Waals surface area contributed by atoms with Gasteiger partial charge in [0.1, 0.15) is 11.8 Å². The Morgan fingerprint density at radius 2 is 1.94 bits per heavy atom. The summed E-state index contributed by atoms with van der Waals surface area (Å²) >= 11 is 0. The van der Waals surface area contributed by atoms with E-state index in [0.29, 0.717) is 30.3 Å². The summed E-state index contributed by atoms with van der Waals surface area (Å²) < 4.78 is 1.47. The average Bonchev–Trinajstić information content (AvgIpc) is 3.26. The lowest BCUT2D eigenvalue weighted by molar-refractivity contribution is -0.139. The first-order valence-electron chi connectivity index (χ1n) is 10.1. The standard InChI is InChI=1S/C21H25N7O4/c1-2-10-22-13-18(20(31)32)24-19(30)15-6-8-16(9-7-15)28-21(25-26-27-28)23-12-14-4-3-5-17(29)11-14/h3-9,11,18,22,29H,2,10,12-13H2,1H3,(H,24,30)(H,31,32)(H,23,25,27)/t18-/m0/s1. The Morgan fingerprint density at radius 1 is 1.16 bits per heavy atom. The van der Waals surface area contributed by atoms with E-state index in [2.05, 4.69) is 31.5 Å². The number of nitrogens with one attached hydrogen (secondary N) is 3. The minimum absolute atomic E-state index is 0.145. The number of carbonyl (C=O) groups is 2. The number of aromatic nitrogens is 4. The molecule has 0 saturated carbocycles. The van der Waals surface area contributed by atoms with Crippen LogP contribution in [-0.2, 0) is 11.3 Å². The van der Waals surface area contributed by atoms with Crippen LogP contribution >= 0.6 is 0 Å². The first-order chi connectivity index (χ1) is 15.5. The lowest BCUT2D eigenvalue weighted by atomic mass is 10.1. The molecule has 2 aromatic carbocycles. The molecule has 32 heavy (non-hydrogen) atoms. The first-order valence-corrected chi connectivity index (χ1v) is 10.1. The molecular formula is C21H25N7O4. The van der Waals surface area contributed by atoms with Crippen molar-refractivity contribution in [1.29, 1.82) is 0 Å². The van der Waals surface area contributed by atoms with Crippen molar-refractivity contribution in [3.05, 3.63) is 59.7 Å². The summed E-state index contributed by atoms with van der Waals surface area (Å²) in [7, 11) is 0. The molecule has 3 aromatic rings. The van der Waals surface area contributed by atoms with Gasteiger partial charge in [0.05, 0.1) is 5.69 Å². The smallest absolute Gasteiger partial charge is 0.327 e. The highest BCUT2D eigenvalue weighted by atomic mass is 16.4. The van der Waals surface area contributed by atoms with Gasteiger partial charge in [0.15, 0.2) is 0 Å². The average molecular weight is 439 g/mol. The van der Waals surface area contributed by atoms with Crippen LogP contribution < -0.4 is 16.0 Å². The number of aliphatic carboxylic acids is 1. The van der Waals surface area contributed by atoms with Gasteiger partial charge < -0.3 is 26.2 Å². The molecule has 0 spiro atoms. The van der Waals surface area contributed by atoms with Crippen LogP contribution in [0.2, 0.25) is 0 Å². The lowest BCUT2D eigenvalue weighted by Crippen LogP contribution is -2.47. The van der Waals surface area contributed by atoms with Gasteiger partial charge >= 0.3 is 5.97 Å². The van der Waals surface area contributed by atoms with E-state index in [1.807, 2.05) is 13.0 Å². The van der Waals surface area contributed by atoms with Crippen LogP contribution in [0.3, 0.4) is 0 Å². The van der Waals surface area contributed by atoms with Crippen molar-refractivity contribution in [3.63, 3.8) is 0 Å². The molecular weight excluding hydrogens is 414 g/mol. The monoisotopic (exact) mass is 439 g/mol. The third-order valence-electron chi connectivity index (χ3n) is 4.58. The summed E-state index contributed by atoms with van der Waals surface area (Å²) in [5.41, 5.74) is 1.79. The number of carbonyl (C=O) groups excluding carboxylic acids is 1. The Morgan fingerprint density at radius 3 is 2.62 bits per heavy atom. The van der Waals surface area contributed by atoms with Gasteiger partial charge in [0.25, 0.3) is 5.91 Å². The highest BCUT2D eigenvalue weighted by molar-refractivity contribution is 5.96. The summed E-state index contributed by atoms with van der Waals surface area (Å²) in [6, 6.07) is 12.3. The normalized spacial score (nSPS) is 11.7. The van der Waals surface area contributed by atoms with Gasteiger partial charge in [-0.1, -0.05) is 24.2 Å². The van der Waals surface area contributed by atoms with Gasteiger partial charge in [-0.05, 0) is 65.4 Å². The van der Waals surface area contributed by atoms with Gasteiger partial charge in [0, 0.05) is 18.7 Å².